The van der Waals surface area contributed by atoms with Crippen LogP contribution in [-0.4, -0.2) is 22.9 Å². The minimum Gasteiger partial charge on any atom is -0.399 e. The molecule has 0 aliphatic carbocycles. The Morgan fingerprint density at radius 1 is 0.625 bits per heavy atom. The molecule has 0 bridgehead atoms. The molecule has 2 heterocycles. The molecule has 0 unspecified atom stereocenters. The smallest absolute Gasteiger partial charge is 0.399 e. The number of para-hydroxylation sites is 2. The highest BCUT2D eigenvalue weighted by atomic mass is 16.7. The van der Waals surface area contributed by atoms with Crippen LogP contribution in [0, 0.1) is 0 Å². The first-order chi connectivity index (χ1) is 15.4. The molecule has 0 saturated carbocycles. The fraction of sp³-hybridized carbons (Fsp3) is 0.214. The molecule has 0 amide bonds. The van der Waals surface area contributed by atoms with Crippen molar-refractivity contribution in [3.63, 3.8) is 0 Å². The molecule has 0 atom stereocenters. The average molecular weight is 419 g/mol. The Morgan fingerprint density at radius 3 is 1.84 bits per heavy atom. The van der Waals surface area contributed by atoms with Crippen LogP contribution in [0.5, 0.6) is 0 Å². The van der Waals surface area contributed by atoms with Gasteiger partial charge in [-0.05, 0) is 56.7 Å². The van der Waals surface area contributed by atoms with Gasteiger partial charge < -0.3 is 13.9 Å². The fourth-order valence-electron chi connectivity index (χ4n) is 4.78. The van der Waals surface area contributed by atoms with Crippen LogP contribution in [0.15, 0.2) is 84.9 Å². The van der Waals surface area contributed by atoms with Crippen molar-refractivity contribution in [1.29, 1.82) is 0 Å². The molecule has 0 N–H and O–H groups in total. The first-order valence-electron chi connectivity index (χ1n) is 11.2. The molecule has 1 aliphatic rings. The highest BCUT2D eigenvalue weighted by molar-refractivity contribution is 6.62. The van der Waals surface area contributed by atoms with E-state index in [2.05, 4.69) is 117 Å². The van der Waals surface area contributed by atoms with Gasteiger partial charge in [-0.1, -0.05) is 66.7 Å². The van der Waals surface area contributed by atoms with Gasteiger partial charge in [-0.15, -0.1) is 0 Å². The Kier molecular flexibility index (Phi) is 4.11. The van der Waals surface area contributed by atoms with Gasteiger partial charge >= 0.3 is 7.12 Å². The van der Waals surface area contributed by atoms with E-state index in [1.165, 1.54) is 38.3 Å². The van der Waals surface area contributed by atoms with E-state index in [1.807, 2.05) is 0 Å². The highest BCUT2D eigenvalue weighted by Crippen LogP contribution is 2.37. The number of hydrogen-bond acceptors (Lipinski definition) is 2. The molecular formula is C28H26BNO2. The van der Waals surface area contributed by atoms with Crippen molar-refractivity contribution in [1.82, 2.24) is 4.57 Å². The zero-order valence-corrected chi connectivity index (χ0v) is 18.9. The molecule has 0 radical (unpaired) electrons. The molecule has 1 saturated heterocycles. The first kappa shape index (κ1) is 19.6. The van der Waals surface area contributed by atoms with Crippen molar-refractivity contribution in [2.45, 2.75) is 38.9 Å². The third-order valence-electron chi connectivity index (χ3n) is 7.23. The van der Waals surface area contributed by atoms with Gasteiger partial charge in [0.05, 0.1) is 27.9 Å². The monoisotopic (exact) mass is 419 g/mol. The second-order valence-corrected chi connectivity index (χ2v) is 9.72. The van der Waals surface area contributed by atoms with E-state index in [9.17, 15) is 0 Å². The number of nitrogens with zero attached hydrogens (tertiary/aromatic N) is 1. The van der Waals surface area contributed by atoms with Crippen LogP contribution in [0.1, 0.15) is 27.7 Å². The van der Waals surface area contributed by atoms with E-state index < -0.39 is 0 Å². The van der Waals surface area contributed by atoms with Crippen molar-refractivity contribution >= 4 is 45.2 Å². The lowest BCUT2D eigenvalue weighted by atomic mass is 9.78. The molecule has 3 nitrogen and oxygen atoms in total. The van der Waals surface area contributed by atoms with Crippen molar-refractivity contribution in [3.05, 3.63) is 84.9 Å². The third-order valence-corrected chi connectivity index (χ3v) is 7.23. The topological polar surface area (TPSA) is 23.4 Å². The van der Waals surface area contributed by atoms with E-state index in [1.54, 1.807) is 0 Å². The SMILES string of the molecule is CC1(C)OB(c2ccc3cccc(-n4c5ccccc5c5ccccc54)c3c2)OC1(C)C. The van der Waals surface area contributed by atoms with Crippen LogP contribution in [0.4, 0.5) is 0 Å². The second-order valence-electron chi connectivity index (χ2n) is 9.72. The molecule has 32 heavy (non-hydrogen) atoms. The molecule has 1 aliphatic heterocycles. The van der Waals surface area contributed by atoms with Crippen molar-refractivity contribution in [2.75, 3.05) is 0 Å². The first-order valence-corrected chi connectivity index (χ1v) is 11.2. The molecule has 1 aromatic heterocycles. The van der Waals surface area contributed by atoms with E-state index in [0.717, 1.165) is 5.46 Å². The molecular weight excluding hydrogens is 393 g/mol. The van der Waals surface area contributed by atoms with Gasteiger partial charge in [-0.25, -0.2) is 0 Å². The summed E-state index contributed by atoms with van der Waals surface area (Å²) in [6.07, 6.45) is 0. The Bertz CT molecular complexity index is 1430. The van der Waals surface area contributed by atoms with Crippen LogP contribution < -0.4 is 5.46 Å². The van der Waals surface area contributed by atoms with E-state index in [4.69, 9.17) is 9.31 Å². The Labute approximate surface area is 188 Å². The minimum absolute atomic E-state index is 0.362. The molecule has 0 spiro atoms. The van der Waals surface area contributed by atoms with Crippen molar-refractivity contribution in [2.24, 2.45) is 0 Å². The molecule has 6 rings (SSSR count). The molecule has 158 valence electrons. The quantitative estimate of drug-likeness (QED) is 0.317. The lowest BCUT2D eigenvalue weighted by molar-refractivity contribution is 0.00578. The predicted molar refractivity (Wildman–Crippen MR) is 134 cm³/mol. The van der Waals surface area contributed by atoms with Crippen LogP contribution in [-0.2, 0) is 9.31 Å². The predicted octanol–water partition coefficient (Wildman–Crippen LogP) is 6.24. The number of aromatic nitrogens is 1. The van der Waals surface area contributed by atoms with Crippen molar-refractivity contribution < 1.29 is 9.31 Å². The van der Waals surface area contributed by atoms with E-state index in [0.29, 0.717) is 0 Å². The molecule has 4 aromatic carbocycles. The zero-order valence-electron chi connectivity index (χ0n) is 18.9. The van der Waals surface area contributed by atoms with Gasteiger partial charge in [-0.2, -0.15) is 0 Å². The summed E-state index contributed by atoms with van der Waals surface area (Å²) in [5.41, 5.74) is 3.91. The maximum absolute atomic E-state index is 6.34. The summed E-state index contributed by atoms with van der Waals surface area (Å²) in [6, 6.07) is 30.3. The van der Waals surface area contributed by atoms with Gasteiger partial charge in [0.15, 0.2) is 0 Å². The van der Waals surface area contributed by atoms with Crippen LogP contribution in [0.2, 0.25) is 0 Å². The maximum atomic E-state index is 6.34. The average Bonchev–Trinajstić information content (AvgIpc) is 3.23. The number of rotatable bonds is 2. The lowest BCUT2D eigenvalue weighted by Gasteiger charge is -2.32. The summed E-state index contributed by atoms with van der Waals surface area (Å²) < 4.78 is 15.1. The molecule has 5 aromatic rings. The number of fused-ring (bicyclic) bond motifs is 4. The Morgan fingerprint density at radius 2 is 1.22 bits per heavy atom. The normalized spacial score (nSPS) is 17.6. The summed E-state index contributed by atoms with van der Waals surface area (Å²) in [6.45, 7) is 8.38. The summed E-state index contributed by atoms with van der Waals surface area (Å²) in [5.74, 6) is 0. The largest absolute Gasteiger partial charge is 0.494 e. The van der Waals surface area contributed by atoms with Crippen molar-refractivity contribution in [3.8, 4) is 5.69 Å². The van der Waals surface area contributed by atoms with Crippen LogP contribution in [0.25, 0.3) is 38.3 Å². The minimum atomic E-state index is -0.379. The van der Waals surface area contributed by atoms with Gasteiger partial charge in [-0.3, -0.25) is 0 Å². The molecule has 4 heteroatoms. The zero-order chi connectivity index (χ0) is 22.1. The number of benzene rings is 4. The lowest BCUT2D eigenvalue weighted by Crippen LogP contribution is -2.41. The standard InChI is InChI=1S/C28H26BNO2/c1-27(2)28(3,4)32-29(31-27)20-17-16-19-10-9-15-26(23(19)18-20)30-24-13-7-5-11-21(24)22-12-6-8-14-25(22)30/h5-18H,1-4H3. The highest BCUT2D eigenvalue weighted by Gasteiger charge is 2.51. The summed E-state index contributed by atoms with van der Waals surface area (Å²) in [4.78, 5) is 0. The summed E-state index contributed by atoms with van der Waals surface area (Å²) >= 11 is 0. The van der Waals surface area contributed by atoms with Gasteiger partial charge in [0.2, 0.25) is 0 Å². The maximum Gasteiger partial charge on any atom is 0.494 e. The Hall–Kier alpha value is -3.08. The Balaban J connectivity index is 1.60. The van der Waals surface area contributed by atoms with Gasteiger partial charge in [0.1, 0.15) is 0 Å². The van der Waals surface area contributed by atoms with Gasteiger partial charge in [0, 0.05) is 16.2 Å². The number of hydrogen-bond donors (Lipinski definition) is 0. The van der Waals surface area contributed by atoms with Gasteiger partial charge in [0.25, 0.3) is 0 Å². The van der Waals surface area contributed by atoms with E-state index >= 15 is 0 Å². The second kappa shape index (κ2) is 6.71. The summed E-state index contributed by atoms with van der Waals surface area (Å²) in [7, 11) is -0.379. The van der Waals surface area contributed by atoms with Crippen LogP contribution in [0.3, 0.4) is 0 Å². The molecule has 1 fully saturated rings. The summed E-state index contributed by atoms with van der Waals surface area (Å²) in [5, 5.41) is 4.92. The fourth-order valence-corrected chi connectivity index (χ4v) is 4.78. The van der Waals surface area contributed by atoms with E-state index in [-0.39, 0.29) is 18.3 Å². The third kappa shape index (κ3) is 2.76. The van der Waals surface area contributed by atoms with Crippen LogP contribution >= 0.6 is 0 Å².